The first kappa shape index (κ1) is 26.7. The number of halogens is 6. The Balaban J connectivity index is 1.62. The molecule has 4 rings (SSSR count). The number of carbonyl (C=O) groups excluding carboxylic acids is 1. The lowest BCUT2D eigenvalue weighted by atomic mass is 9.95. The van der Waals surface area contributed by atoms with Gasteiger partial charge in [0, 0.05) is 36.6 Å². The number of benzene rings is 2. The van der Waals surface area contributed by atoms with Crippen LogP contribution in [0, 0.1) is 0 Å². The minimum absolute atomic E-state index is 0.0870. The topological polar surface area (TPSA) is 51.7 Å². The zero-order chi connectivity index (χ0) is 27.0. The van der Waals surface area contributed by atoms with E-state index in [2.05, 4.69) is 9.98 Å². The Bertz CT molecular complexity index is 1280. The highest BCUT2D eigenvalue weighted by Crippen LogP contribution is 2.37. The van der Waals surface area contributed by atoms with Gasteiger partial charge in [0.1, 0.15) is 0 Å². The van der Waals surface area contributed by atoms with Crippen molar-refractivity contribution in [1.82, 2.24) is 14.8 Å². The first-order chi connectivity index (χ1) is 17.3. The third-order valence-electron chi connectivity index (χ3n) is 6.43. The number of aromatic amines is 1. The average Bonchev–Trinajstić information content (AvgIpc) is 3.35. The molecule has 1 aliphatic rings. The van der Waals surface area contributed by atoms with E-state index in [0.717, 1.165) is 28.6 Å². The van der Waals surface area contributed by atoms with E-state index < -0.39 is 35.6 Å². The fourth-order valence-electron chi connectivity index (χ4n) is 4.55. The lowest BCUT2D eigenvalue weighted by Crippen LogP contribution is -2.42. The molecule has 2 aromatic carbocycles. The summed E-state index contributed by atoms with van der Waals surface area (Å²) in [5.41, 5.74) is -0.446. The lowest BCUT2D eigenvalue weighted by molar-refractivity contribution is -0.143. The summed E-state index contributed by atoms with van der Waals surface area (Å²) >= 11 is 0. The van der Waals surface area contributed by atoms with E-state index in [1.165, 1.54) is 0 Å². The molecule has 0 fully saturated rings. The van der Waals surface area contributed by atoms with Crippen molar-refractivity contribution in [3.8, 4) is 0 Å². The molecule has 0 aliphatic carbocycles. The number of hydrogen-bond acceptors (Lipinski definition) is 2. The van der Waals surface area contributed by atoms with Crippen molar-refractivity contribution in [1.29, 1.82) is 0 Å². The van der Waals surface area contributed by atoms with Gasteiger partial charge in [0.2, 0.25) is 0 Å². The predicted molar refractivity (Wildman–Crippen MR) is 129 cm³/mol. The normalized spacial score (nSPS) is 16.8. The van der Waals surface area contributed by atoms with Gasteiger partial charge in [-0.25, -0.2) is 9.79 Å². The maximum Gasteiger partial charge on any atom is 0.416 e. The van der Waals surface area contributed by atoms with Crippen molar-refractivity contribution in [3.05, 3.63) is 70.9 Å². The number of alkyl halides is 6. The van der Waals surface area contributed by atoms with E-state index >= 15 is 0 Å². The van der Waals surface area contributed by atoms with Gasteiger partial charge >= 0.3 is 18.4 Å². The average molecular weight is 525 g/mol. The number of nitrogens with zero attached hydrogens (tertiary/aromatic N) is 3. The number of aromatic nitrogens is 1. The highest BCUT2D eigenvalue weighted by molar-refractivity contribution is 6.06. The van der Waals surface area contributed by atoms with Gasteiger partial charge in [-0.15, -0.1) is 0 Å². The van der Waals surface area contributed by atoms with Crippen LogP contribution in [0.4, 0.5) is 31.1 Å². The Kier molecular flexibility index (Phi) is 7.36. The molecule has 2 amide bonds. The van der Waals surface area contributed by atoms with E-state index in [9.17, 15) is 31.1 Å². The summed E-state index contributed by atoms with van der Waals surface area (Å²) in [6.07, 6.45) is -7.64. The van der Waals surface area contributed by atoms with Crippen LogP contribution in [0.3, 0.4) is 0 Å². The number of rotatable bonds is 8. The zero-order valence-electron chi connectivity index (χ0n) is 20.2. The van der Waals surface area contributed by atoms with E-state index in [1.807, 2.05) is 49.5 Å². The van der Waals surface area contributed by atoms with Gasteiger partial charge in [0.15, 0.2) is 0 Å². The van der Waals surface area contributed by atoms with Crippen LogP contribution in [-0.4, -0.2) is 59.8 Å². The highest BCUT2D eigenvalue weighted by atomic mass is 19.4. The van der Waals surface area contributed by atoms with Gasteiger partial charge in [-0.2, -0.15) is 26.3 Å². The summed E-state index contributed by atoms with van der Waals surface area (Å²) in [6.45, 7) is 0.855. The maximum absolute atomic E-state index is 13.3. The molecule has 3 aromatic rings. The van der Waals surface area contributed by atoms with Gasteiger partial charge in [-0.05, 0) is 62.3 Å². The number of para-hydroxylation sites is 1. The number of fused-ring (bicyclic) bond motifs is 1. The van der Waals surface area contributed by atoms with Crippen LogP contribution in [0.2, 0.25) is 0 Å². The van der Waals surface area contributed by atoms with E-state index in [0.29, 0.717) is 25.2 Å². The number of hydrogen-bond donors (Lipinski definition) is 1. The molecule has 0 bridgehead atoms. The number of amides is 2. The van der Waals surface area contributed by atoms with Crippen molar-refractivity contribution in [2.75, 3.05) is 27.2 Å². The quantitative estimate of drug-likeness (QED) is 0.358. The Morgan fingerprint density at radius 3 is 2.27 bits per heavy atom. The second-order valence-electron chi connectivity index (χ2n) is 9.39. The van der Waals surface area contributed by atoms with Gasteiger partial charge in [-0.1, -0.05) is 18.2 Å². The SMILES string of the molecule is CN(C)CCN1C(=O)N=C(Cc2c[nH]c3ccccc23)C1CCc1cc(C(F)(F)F)cc(C(F)(F)F)c1. The molecule has 11 heteroatoms. The van der Waals surface area contributed by atoms with Crippen LogP contribution in [0.5, 0.6) is 0 Å². The van der Waals surface area contributed by atoms with Gasteiger partial charge in [0.25, 0.3) is 0 Å². The lowest BCUT2D eigenvalue weighted by Gasteiger charge is -2.27. The molecule has 1 N–H and O–H groups in total. The fourth-order valence-corrected chi connectivity index (χ4v) is 4.55. The molecule has 0 spiro atoms. The van der Waals surface area contributed by atoms with Crippen molar-refractivity contribution in [3.63, 3.8) is 0 Å². The van der Waals surface area contributed by atoms with Crippen LogP contribution in [0.15, 0.2) is 53.7 Å². The number of urea groups is 1. The zero-order valence-corrected chi connectivity index (χ0v) is 20.2. The molecule has 198 valence electrons. The van der Waals surface area contributed by atoms with Gasteiger partial charge in [0.05, 0.1) is 22.9 Å². The summed E-state index contributed by atoms with van der Waals surface area (Å²) in [7, 11) is 3.68. The van der Waals surface area contributed by atoms with E-state index in [-0.39, 0.29) is 24.5 Å². The van der Waals surface area contributed by atoms with Crippen molar-refractivity contribution < 1.29 is 31.1 Å². The van der Waals surface area contributed by atoms with Crippen LogP contribution in [0.25, 0.3) is 10.9 Å². The maximum atomic E-state index is 13.3. The molecule has 1 atom stereocenters. The molecule has 2 heterocycles. The number of likely N-dealkylation sites (N-methyl/N-ethyl adjacent to an activating group) is 1. The number of H-pyrrole nitrogens is 1. The summed E-state index contributed by atoms with van der Waals surface area (Å²) < 4.78 is 79.9. The molecular formula is C26H26F6N4O. The monoisotopic (exact) mass is 524 g/mol. The molecule has 1 unspecified atom stereocenters. The summed E-state index contributed by atoms with van der Waals surface area (Å²) in [5, 5.41) is 0.954. The summed E-state index contributed by atoms with van der Waals surface area (Å²) in [6, 6.07) is 8.20. The van der Waals surface area contributed by atoms with Crippen LogP contribution >= 0.6 is 0 Å². The van der Waals surface area contributed by atoms with E-state index in [1.54, 1.807) is 4.90 Å². The second kappa shape index (κ2) is 10.2. The largest absolute Gasteiger partial charge is 0.416 e. The predicted octanol–water partition coefficient (Wildman–Crippen LogP) is 6.19. The summed E-state index contributed by atoms with van der Waals surface area (Å²) in [4.78, 5) is 23.6. The number of aryl methyl sites for hydroxylation is 1. The molecule has 5 nitrogen and oxygen atoms in total. The van der Waals surface area contributed by atoms with Crippen LogP contribution in [-0.2, 0) is 25.2 Å². The highest BCUT2D eigenvalue weighted by Gasteiger charge is 2.38. The molecule has 1 aromatic heterocycles. The van der Waals surface area contributed by atoms with E-state index in [4.69, 9.17) is 0 Å². The first-order valence-corrected chi connectivity index (χ1v) is 11.7. The summed E-state index contributed by atoms with van der Waals surface area (Å²) in [5.74, 6) is 0. The van der Waals surface area contributed by atoms with Gasteiger partial charge in [-0.3, -0.25) is 0 Å². The van der Waals surface area contributed by atoms with Crippen LogP contribution in [0.1, 0.15) is 28.7 Å². The third-order valence-corrected chi connectivity index (χ3v) is 6.43. The van der Waals surface area contributed by atoms with Crippen molar-refractivity contribution >= 4 is 22.6 Å². The first-order valence-electron chi connectivity index (χ1n) is 11.7. The second-order valence-corrected chi connectivity index (χ2v) is 9.39. The molecule has 0 saturated carbocycles. The smallest absolute Gasteiger partial charge is 0.361 e. The standard InChI is InChI=1S/C26H26F6N4O/c1-35(2)9-10-36-23(8-7-16-11-18(25(27,28)29)14-19(12-16)26(30,31)32)22(34-24(36)37)13-17-15-33-21-6-4-3-5-20(17)21/h3-6,11-12,14-15,23,33H,7-10,13H2,1-2H3. The third kappa shape index (κ3) is 6.15. The molecule has 37 heavy (non-hydrogen) atoms. The number of carbonyl (C=O) groups is 1. The molecular weight excluding hydrogens is 498 g/mol. The van der Waals surface area contributed by atoms with Gasteiger partial charge < -0.3 is 14.8 Å². The number of nitrogens with one attached hydrogen (secondary N) is 1. The minimum atomic E-state index is -4.92. The van der Waals surface area contributed by atoms with Crippen LogP contribution < -0.4 is 0 Å². The molecule has 0 radical (unpaired) electrons. The van der Waals surface area contributed by atoms with Crippen molar-refractivity contribution in [2.45, 2.75) is 37.7 Å². The molecule has 0 saturated heterocycles. The molecule has 1 aliphatic heterocycles. The Hall–Kier alpha value is -3.34. The number of aliphatic imine (C=N–C) groups is 1. The minimum Gasteiger partial charge on any atom is -0.361 e. The Labute approximate surface area is 209 Å². The fraction of sp³-hybridized carbons (Fsp3) is 0.385. The van der Waals surface area contributed by atoms with Crippen molar-refractivity contribution in [2.24, 2.45) is 4.99 Å². The Morgan fingerprint density at radius 2 is 1.65 bits per heavy atom. The Morgan fingerprint density at radius 1 is 1.00 bits per heavy atom.